The Morgan fingerprint density at radius 3 is 2.28 bits per heavy atom. The van der Waals surface area contributed by atoms with Crippen molar-refractivity contribution in [3.05, 3.63) is 34.4 Å². The van der Waals surface area contributed by atoms with E-state index in [1.807, 2.05) is 0 Å². The Morgan fingerprint density at radius 1 is 1.17 bits per heavy atom. The van der Waals surface area contributed by atoms with Gasteiger partial charge in [-0.25, -0.2) is 16.8 Å². The second-order valence-corrected chi connectivity index (χ2v) is 8.32. The van der Waals surface area contributed by atoms with Gasteiger partial charge in [0.1, 0.15) is 0 Å². The zero-order valence-corrected chi connectivity index (χ0v) is 11.2. The van der Waals surface area contributed by atoms with Gasteiger partial charge in [0.2, 0.25) is 9.05 Å². The van der Waals surface area contributed by atoms with Crippen LogP contribution in [0.25, 0.3) is 0 Å². The smallest absolute Gasteiger partial charge is 0.258 e. The van der Waals surface area contributed by atoms with Crippen molar-refractivity contribution in [2.45, 2.75) is 4.90 Å². The number of nitro groups is 1. The average Bonchev–Trinajstić information content (AvgIpc) is 2.26. The molecule has 0 heterocycles. The fourth-order valence-electron chi connectivity index (χ4n) is 1.12. The molecule has 0 radical (unpaired) electrons. The second kappa shape index (κ2) is 5.21. The van der Waals surface area contributed by atoms with Crippen LogP contribution in [-0.2, 0) is 18.9 Å². The molecule has 0 unspecified atom stereocenters. The number of halogens is 1. The van der Waals surface area contributed by atoms with Crippen LogP contribution in [0.1, 0.15) is 0 Å². The lowest BCUT2D eigenvalue weighted by Gasteiger charge is -2.02. The van der Waals surface area contributed by atoms with Gasteiger partial charge < -0.3 is 0 Å². The second-order valence-electron chi connectivity index (χ2n) is 3.32. The number of hydrogen-bond acceptors (Lipinski definition) is 6. The summed E-state index contributed by atoms with van der Waals surface area (Å²) in [5.41, 5.74) is -0.384. The van der Waals surface area contributed by atoms with Crippen molar-refractivity contribution in [3.8, 4) is 0 Å². The van der Waals surface area contributed by atoms with Crippen LogP contribution in [0.4, 0.5) is 5.69 Å². The van der Waals surface area contributed by atoms with E-state index < -0.39 is 35.3 Å². The fraction of sp³-hybridized carbons (Fsp3) is 0.250. The summed E-state index contributed by atoms with van der Waals surface area (Å²) in [6, 6.07) is 4.37. The first-order chi connectivity index (χ1) is 8.12. The molecule has 0 saturated heterocycles. The van der Waals surface area contributed by atoms with Crippen molar-refractivity contribution in [2.24, 2.45) is 0 Å². The minimum atomic E-state index is -3.93. The van der Waals surface area contributed by atoms with Crippen LogP contribution in [0.5, 0.6) is 0 Å². The Labute approximate surface area is 108 Å². The molecule has 1 aromatic carbocycles. The van der Waals surface area contributed by atoms with E-state index in [0.29, 0.717) is 0 Å². The molecule has 1 rings (SSSR count). The molecule has 0 saturated carbocycles. The summed E-state index contributed by atoms with van der Waals surface area (Å²) >= 11 is 0. The molecule has 0 spiro atoms. The van der Waals surface area contributed by atoms with Crippen LogP contribution in [-0.4, -0.2) is 33.3 Å². The van der Waals surface area contributed by atoms with Crippen LogP contribution in [0.3, 0.4) is 0 Å². The summed E-state index contributed by atoms with van der Waals surface area (Å²) in [4.78, 5) is 9.44. The van der Waals surface area contributed by atoms with Crippen molar-refractivity contribution in [3.63, 3.8) is 0 Å². The van der Waals surface area contributed by atoms with Crippen molar-refractivity contribution in [1.29, 1.82) is 0 Å². The Kier molecular flexibility index (Phi) is 4.30. The molecule has 0 aliphatic heterocycles. The van der Waals surface area contributed by atoms with Crippen molar-refractivity contribution in [2.75, 3.05) is 11.5 Å². The summed E-state index contributed by atoms with van der Waals surface area (Å²) in [6.07, 6.45) is 0. The first kappa shape index (κ1) is 14.9. The Bertz CT molecular complexity index is 667. The summed E-state index contributed by atoms with van der Waals surface area (Å²) < 4.78 is 44.8. The van der Waals surface area contributed by atoms with Gasteiger partial charge in [-0.05, 0) is 6.07 Å². The van der Waals surface area contributed by atoms with Gasteiger partial charge in [0, 0.05) is 22.8 Å². The molecular weight excluding hydrogens is 306 g/mol. The molecular formula is C8H8ClNO6S2. The van der Waals surface area contributed by atoms with Gasteiger partial charge in [-0.3, -0.25) is 10.1 Å². The topological polar surface area (TPSA) is 111 Å². The number of nitrogens with zero attached hydrogens (tertiary/aromatic N) is 1. The van der Waals surface area contributed by atoms with Gasteiger partial charge in [-0.15, -0.1) is 0 Å². The predicted octanol–water partition coefficient (Wildman–Crippen LogP) is 0.937. The van der Waals surface area contributed by atoms with Gasteiger partial charge in [0.25, 0.3) is 5.69 Å². The molecule has 0 bridgehead atoms. The van der Waals surface area contributed by atoms with Gasteiger partial charge >= 0.3 is 0 Å². The molecule has 10 heteroatoms. The van der Waals surface area contributed by atoms with Crippen LogP contribution >= 0.6 is 10.7 Å². The van der Waals surface area contributed by atoms with E-state index in [4.69, 9.17) is 10.7 Å². The van der Waals surface area contributed by atoms with E-state index >= 15 is 0 Å². The third-order valence-electron chi connectivity index (χ3n) is 1.98. The Hall–Kier alpha value is -1.19. The van der Waals surface area contributed by atoms with Gasteiger partial charge in [-0.2, -0.15) is 0 Å². The standard InChI is InChI=1S/C8H8ClNO6S2/c9-18(15,16)5-4-17(13,14)8-3-1-2-7(6-8)10(11)12/h1-3,6H,4-5H2. The molecule has 0 atom stereocenters. The predicted molar refractivity (Wildman–Crippen MR) is 64.8 cm³/mol. The zero-order valence-electron chi connectivity index (χ0n) is 8.81. The van der Waals surface area contributed by atoms with Crippen LogP contribution in [0.2, 0.25) is 0 Å². The highest BCUT2D eigenvalue weighted by Gasteiger charge is 2.20. The fourth-order valence-corrected chi connectivity index (χ4v) is 4.18. The van der Waals surface area contributed by atoms with Crippen molar-refractivity contribution < 1.29 is 21.8 Å². The van der Waals surface area contributed by atoms with E-state index in [1.165, 1.54) is 6.07 Å². The minimum absolute atomic E-state index is 0.308. The SMILES string of the molecule is O=[N+]([O-])c1cccc(S(=O)(=O)CCS(=O)(=O)Cl)c1. The van der Waals surface area contributed by atoms with E-state index in [9.17, 15) is 26.9 Å². The lowest BCUT2D eigenvalue weighted by Crippen LogP contribution is -2.14. The lowest BCUT2D eigenvalue weighted by molar-refractivity contribution is -0.385. The van der Waals surface area contributed by atoms with Crippen molar-refractivity contribution >= 4 is 35.3 Å². The van der Waals surface area contributed by atoms with Gasteiger partial charge in [-0.1, -0.05) is 6.07 Å². The highest BCUT2D eigenvalue weighted by atomic mass is 35.7. The largest absolute Gasteiger partial charge is 0.270 e. The third-order valence-corrected chi connectivity index (χ3v) is 5.11. The first-order valence-corrected chi connectivity index (χ1v) is 8.64. The van der Waals surface area contributed by atoms with E-state index in [-0.39, 0.29) is 10.6 Å². The third kappa shape index (κ3) is 4.24. The molecule has 0 aromatic heterocycles. The van der Waals surface area contributed by atoms with E-state index in [0.717, 1.165) is 18.2 Å². The van der Waals surface area contributed by atoms with E-state index in [2.05, 4.69) is 0 Å². The first-order valence-electron chi connectivity index (χ1n) is 4.51. The molecule has 0 N–H and O–H groups in total. The number of sulfone groups is 1. The summed E-state index contributed by atoms with van der Waals surface area (Å²) in [5.74, 6) is -1.47. The maximum absolute atomic E-state index is 11.7. The molecule has 100 valence electrons. The summed E-state index contributed by atoms with van der Waals surface area (Å²) in [5, 5.41) is 10.5. The number of hydrogen-bond donors (Lipinski definition) is 0. The van der Waals surface area contributed by atoms with Gasteiger partial charge in [0.15, 0.2) is 9.84 Å². The molecule has 0 aliphatic rings. The van der Waals surface area contributed by atoms with Crippen LogP contribution < -0.4 is 0 Å². The number of non-ortho nitro benzene ring substituents is 1. The molecule has 0 amide bonds. The lowest BCUT2D eigenvalue weighted by atomic mass is 10.3. The quantitative estimate of drug-likeness (QED) is 0.454. The maximum atomic E-state index is 11.7. The number of rotatable bonds is 5. The molecule has 0 aliphatic carbocycles. The highest BCUT2D eigenvalue weighted by Crippen LogP contribution is 2.18. The molecule has 0 fully saturated rings. The monoisotopic (exact) mass is 313 g/mol. The molecule has 1 aromatic rings. The molecule has 7 nitrogen and oxygen atoms in total. The van der Waals surface area contributed by atoms with Crippen LogP contribution in [0.15, 0.2) is 29.2 Å². The van der Waals surface area contributed by atoms with Gasteiger partial charge in [0.05, 0.1) is 21.3 Å². The molecule has 18 heavy (non-hydrogen) atoms. The number of nitro benzene ring substituents is 1. The number of benzene rings is 1. The summed E-state index contributed by atoms with van der Waals surface area (Å²) in [7, 11) is -2.94. The van der Waals surface area contributed by atoms with E-state index in [1.54, 1.807) is 0 Å². The van der Waals surface area contributed by atoms with Crippen molar-refractivity contribution in [1.82, 2.24) is 0 Å². The zero-order chi connectivity index (χ0) is 14.0. The Morgan fingerprint density at radius 2 is 1.78 bits per heavy atom. The Balaban J connectivity index is 3.06. The minimum Gasteiger partial charge on any atom is -0.258 e. The maximum Gasteiger partial charge on any atom is 0.270 e. The average molecular weight is 314 g/mol. The highest BCUT2D eigenvalue weighted by molar-refractivity contribution is 8.14. The normalized spacial score (nSPS) is 12.3. The van der Waals surface area contributed by atoms with Crippen LogP contribution in [0, 0.1) is 10.1 Å². The summed E-state index contributed by atoms with van der Waals surface area (Å²) in [6.45, 7) is 0.